The second-order valence-corrected chi connectivity index (χ2v) is 3.45. The summed E-state index contributed by atoms with van der Waals surface area (Å²) in [5, 5.41) is 20.4. The summed E-state index contributed by atoms with van der Waals surface area (Å²) in [4.78, 5) is 26.5. The average Bonchev–Trinajstić information content (AvgIpc) is 2.41. The van der Waals surface area contributed by atoms with E-state index in [4.69, 9.17) is 11.6 Å². The highest BCUT2D eigenvalue weighted by atomic mass is 35.5. The van der Waals surface area contributed by atoms with E-state index in [0.29, 0.717) is 0 Å². The van der Waals surface area contributed by atoms with E-state index in [1.54, 1.807) is 24.8 Å². The van der Waals surface area contributed by atoms with Gasteiger partial charge in [0.1, 0.15) is 5.02 Å². The molecule has 1 heterocycles. The first kappa shape index (κ1) is 14.5. The van der Waals surface area contributed by atoms with Gasteiger partial charge < -0.3 is 0 Å². The van der Waals surface area contributed by atoms with Crippen LogP contribution in [-0.2, 0) is 0 Å². The Kier molecular flexibility index (Phi) is 5.30. The average molecular weight is 283 g/mol. The van der Waals surface area contributed by atoms with Crippen LogP contribution in [0, 0.1) is 20.2 Å². The maximum atomic E-state index is 10.3. The summed E-state index contributed by atoms with van der Waals surface area (Å²) in [6.45, 7) is 0. The highest BCUT2D eigenvalue weighted by Gasteiger charge is 2.17. The van der Waals surface area contributed by atoms with Crippen LogP contribution in [0.3, 0.4) is 0 Å². The highest BCUT2D eigenvalue weighted by molar-refractivity contribution is 6.32. The van der Waals surface area contributed by atoms with Crippen LogP contribution in [-0.4, -0.2) is 19.8 Å². The molecule has 0 spiro atoms. The molecule has 9 heteroatoms. The second kappa shape index (κ2) is 6.97. The van der Waals surface area contributed by atoms with Gasteiger partial charge in [-0.3, -0.25) is 30.2 Å². The molecular formula is C10H7ClN4O4. The van der Waals surface area contributed by atoms with Crippen LogP contribution >= 0.6 is 11.6 Å². The van der Waals surface area contributed by atoms with E-state index in [1.807, 2.05) is 0 Å². The van der Waals surface area contributed by atoms with Gasteiger partial charge in [-0.15, -0.1) is 0 Å². The smallest absolute Gasteiger partial charge is 0.262 e. The molecule has 0 aliphatic rings. The summed E-state index contributed by atoms with van der Waals surface area (Å²) in [5.41, 5.74) is -0.813. The molecule has 19 heavy (non-hydrogen) atoms. The van der Waals surface area contributed by atoms with Crippen molar-refractivity contribution >= 4 is 23.0 Å². The van der Waals surface area contributed by atoms with E-state index < -0.39 is 15.5 Å². The van der Waals surface area contributed by atoms with Crippen LogP contribution in [0.4, 0.5) is 11.4 Å². The number of nitrogens with zero attached hydrogens (tertiary/aromatic N) is 4. The zero-order valence-electron chi connectivity index (χ0n) is 9.34. The van der Waals surface area contributed by atoms with Crippen molar-refractivity contribution in [2.24, 2.45) is 0 Å². The van der Waals surface area contributed by atoms with Crippen LogP contribution in [0.25, 0.3) is 0 Å². The van der Waals surface area contributed by atoms with Gasteiger partial charge in [0.15, 0.2) is 0 Å². The first-order valence-electron chi connectivity index (χ1n) is 4.80. The first-order chi connectivity index (χ1) is 9.02. The van der Waals surface area contributed by atoms with E-state index in [1.165, 1.54) is 0 Å². The summed E-state index contributed by atoms with van der Waals surface area (Å²) in [6.07, 6.45) is 6.56. The fourth-order valence-corrected chi connectivity index (χ4v) is 1.19. The van der Waals surface area contributed by atoms with Crippen LogP contribution in [0.2, 0.25) is 5.02 Å². The predicted molar refractivity (Wildman–Crippen MR) is 66.8 cm³/mol. The lowest BCUT2D eigenvalue weighted by Gasteiger charge is -1.94. The van der Waals surface area contributed by atoms with Gasteiger partial charge >= 0.3 is 0 Å². The number of non-ortho nitro benzene ring substituents is 1. The van der Waals surface area contributed by atoms with Gasteiger partial charge in [0.2, 0.25) is 0 Å². The minimum Gasteiger partial charge on any atom is -0.262 e. The molecule has 0 saturated carbocycles. The largest absolute Gasteiger partial charge is 0.294 e. The number of nitro groups is 2. The molecule has 0 N–H and O–H groups in total. The van der Waals surface area contributed by atoms with Gasteiger partial charge in [0, 0.05) is 30.9 Å². The Labute approximate surface area is 112 Å². The Balaban J connectivity index is 0.000000250. The van der Waals surface area contributed by atoms with Crippen LogP contribution < -0.4 is 0 Å². The lowest BCUT2D eigenvalue weighted by molar-refractivity contribution is -0.394. The van der Waals surface area contributed by atoms with E-state index in [9.17, 15) is 20.2 Å². The normalized spacial score (nSPS) is 9.11. The van der Waals surface area contributed by atoms with Crippen molar-refractivity contribution in [3.63, 3.8) is 0 Å². The zero-order valence-corrected chi connectivity index (χ0v) is 10.1. The van der Waals surface area contributed by atoms with Gasteiger partial charge in [-0.2, -0.15) is 0 Å². The van der Waals surface area contributed by atoms with E-state index in [0.717, 1.165) is 18.2 Å². The van der Waals surface area contributed by atoms with Crippen molar-refractivity contribution in [3.05, 3.63) is 68.2 Å². The molecule has 0 amide bonds. The minimum atomic E-state index is -0.769. The number of hydrogen-bond acceptors (Lipinski definition) is 6. The van der Waals surface area contributed by atoms with Crippen molar-refractivity contribution in [1.82, 2.24) is 9.97 Å². The van der Waals surface area contributed by atoms with Crippen molar-refractivity contribution in [1.29, 1.82) is 0 Å². The maximum absolute atomic E-state index is 10.3. The topological polar surface area (TPSA) is 112 Å². The third kappa shape index (κ3) is 4.64. The van der Waals surface area contributed by atoms with Gasteiger partial charge in [-0.05, 0) is 6.07 Å². The fourth-order valence-electron chi connectivity index (χ4n) is 1.01. The lowest BCUT2D eigenvalue weighted by Crippen LogP contribution is -1.92. The molecule has 2 aromatic rings. The van der Waals surface area contributed by atoms with Crippen molar-refractivity contribution < 1.29 is 9.85 Å². The Hall–Kier alpha value is -2.61. The molecule has 0 aliphatic carbocycles. The monoisotopic (exact) mass is 282 g/mol. The number of nitro benzene ring substituents is 2. The Bertz CT molecular complexity index is 552. The third-order valence-corrected chi connectivity index (χ3v) is 2.13. The number of aromatic nitrogens is 2. The van der Waals surface area contributed by atoms with Crippen LogP contribution in [0.1, 0.15) is 0 Å². The van der Waals surface area contributed by atoms with Crippen molar-refractivity contribution in [2.45, 2.75) is 0 Å². The molecule has 0 atom stereocenters. The zero-order chi connectivity index (χ0) is 14.3. The Morgan fingerprint density at radius 1 is 0.947 bits per heavy atom. The van der Waals surface area contributed by atoms with Crippen LogP contribution in [0.5, 0.6) is 0 Å². The Morgan fingerprint density at radius 2 is 1.47 bits per heavy atom. The molecule has 0 saturated heterocycles. The number of rotatable bonds is 2. The van der Waals surface area contributed by atoms with Crippen molar-refractivity contribution in [2.75, 3.05) is 0 Å². The molecule has 8 nitrogen and oxygen atoms in total. The summed E-state index contributed by atoms with van der Waals surface area (Å²) in [6, 6.07) is 3.05. The fraction of sp³-hybridized carbons (Fsp3) is 0. The summed E-state index contributed by atoms with van der Waals surface area (Å²) in [5.74, 6) is 0. The van der Waals surface area contributed by atoms with Gasteiger partial charge in [0.05, 0.1) is 15.9 Å². The molecule has 0 unspecified atom stereocenters. The molecule has 0 radical (unpaired) electrons. The summed E-state index contributed by atoms with van der Waals surface area (Å²) < 4.78 is 0. The molecule has 0 bridgehead atoms. The highest BCUT2D eigenvalue weighted by Crippen LogP contribution is 2.28. The van der Waals surface area contributed by atoms with E-state index in [-0.39, 0.29) is 10.7 Å². The number of benzene rings is 1. The predicted octanol–water partition coefficient (Wildman–Crippen LogP) is 2.63. The molecule has 0 aliphatic heterocycles. The lowest BCUT2D eigenvalue weighted by atomic mass is 10.3. The molecular weight excluding hydrogens is 276 g/mol. The Morgan fingerprint density at radius 3 is 1.84 bits per heavy atom. The second-order valence-electron chi connectivity index (χ2n) is 3.04. The van der Waals surface area contributed by atoms with Crippen LogP contribution in [0.15, 0.2) is 43.0 Å². The van der Waals surface area contributed by atoms with Crippen molar-refractivity contribution in [3.8, 4) is 0 Å². The summed E-state index contributed by atoms with van der Waals surface area (Å²) >= 11 is 5.43. The molecule has 98 valence electrons. The molecule has 1 aromatic carbocycles. The third-order valence-electron chi connectivity index (χ3n) is 1.81. The molecule has 2 rings (SSSR count). The quantitative estimate of drug-likeness (QED) is 0.618. The first-order valence-corrected chi connectivity index (χ1v) is 5.18. The van der Waals surface area contributed by atoms with Gasteiger partial charge in [0.25, 0.3) is 11.4 Å². The SMILES string of the molecule is O=[N+]([O-])c1ccc(Cl)c([N+](=O)[O-])c1.c1cnccn1. The standard InChI is InChI=1S/C6H3ClN2O4.C4H4N2/c7-5-2-1-4(8(10)11)3-6(5)9(12)13;1-2-6-4-3-5-1/h1-3H;1-4H. The molecule has 1 aromatic heterocycles. The van der Waals surface area contributed by atoms with E-state index in [2.05, 4.69) is 9.97 Å². The minimum absolute atomic E-state index is 0.115. The number of halogens is 1. The summed E-state index contributed by atoms with van der Waals surface area (Å²) in [7, 11) is 0. The number of hydrogen-bond donors (Lipinski definition) is 0. The molecule has 0 fully saturated rings. The van der Waals surface area contributed by atoms with E-state index >= 15 is 0 Å². The van der Waals surface area contributed by atoms with Gasteiger partial charge in [-0.1, -0.05) is 11.6 Å². The maximum Gasteiger partial charge on any atom is 0.294 e. The van der Waals surface area contributed by atoms with Gasteiger partial charge in [-0.25, -0.2) is 0 Å².